The lowest BCUT2D eigenvalue weighted by Crippen LogP contribution is -2.62. The smallest absolute Gasteiger partial charge is 0.410 e. The summed E-state index contributed by atoms with van der Waals surface area (Å²) in [6.07, 6.45) is 7.42. The van der Waals surface area contributed by atoms with Crippen molar-refractivity contribution in [1.29, 1.82) is 0 Å². The Morgan fingerprint density at radius 3 is 2.29 bits per heavy atom. The first-order valence-corrected chi connectivity index (χ1v) is 16.8. The first-order chi connectivity index (χ1) is 19.5. The van der Waals surface area contributed by atoms with Crippen molar-refractivity contribution in [2.45, 2.75) is 83.5 Å². The molecule has 0 radical (unpaired) electrons. The van der Waals surface area contributed by atoms with Gasteiger partial charge in [0.1, 0.15) is 23.0 Å². The van der Waals surface area contributed by atoms with Crippen LogP contribution in [0.2, 0.25) is 0 Å². The third kappa shape index (κ3) is 6.37. The van der Waals surface area contributed by atoms with Crippen LogP contribution in [0.15, 0.2) is 10.5 Å². The number of nitrogens with zero attached hydrogens (tertiary/aromatic N) is 5. The molecule has 0 atom stereocenters. The lowest BCUT2D eigenvalue weighted by atomic mass is 9.72. The van der Waals surface area contributed by atoms with Gasteiger partial charge in [0.15, 0.2) is 5.75 Å². The molecular formula is C30H41BrIN5O4. The van der Waals surface area contributed by atoms with Crippen molar-refractivity contribution in [3.05, 3.63) is 14.1 Å². The summed E-state index contributed by atoms with van der Waals surface area (Å²) in [5, 5.41) is 1.00. The second-order valence-corrected chi connectivity index (χ2v) is 15.3. The quantitative estimate of drug-likeness (QED) is 0.334. The second kappa shape index (κ2) is 11.5. The molecule has 1 aromatic carbocycles. The van der Waals surface area contributed by atoms with Gasteiger partial charge in [-0.05, 0) is 117 Å². The molecule has 3 aliphatic heterocycles. The van der Waals surface area contributed by atoms with Crippen LogP contribution in [0.25, 0.3) is 10.9 Å². The number of rotatable bonds is 5. The van der Waals surface area contributed by atoms with Gasteiger partial charge in [0.2, 0.25) is 0 Å². The highest BCUT2D eigenvalue weighted by Gasteiger charge is 2.48. The molecule has 3 saturated heterocycles. The van der Waals surface area contributed by atoms with Crippen molar-refractivity contribution in [2.75, 3.05) is 51.2 Å². The van der Waals surface area contributed by atoms with Gasteiger partial charge in [0, 0.05) is 53.6 Å². The lowest BCUT2D eigenvalue weighted by molar-refractivity contribution is -0.0434. The molecule has 1 saturated carbocycles. The number of fused-ring (bicyclic) bond motifs is 1. The molecule has 1 aliphatic carbocycles. The van der Waals surface area contributed by atoms with Gasteiger partial charge in [-0.1, -0.05) is 0 Å². The molecule has 0 N–H and O–H groups in total. The van der Waals surface area contributed by atoms with E-state index in [1.54, 1.807) is 0 Å². The number of anilines is 1. The maximum atomic E-state index is 12.6. The molecule has 1 amide bonds. The molecule has 9 nitrogen and oxygen atoms in total. The third-order valence-electron chi connectivity index (χ3n) is 8.90. The van der Waals surface area contributed by atoms with Gasteiger partial charge in [0.25, 0.3) is 0 Å². The Balaban J connectivity index is 1.26. The summed E-state index contributed by atoms with van der Waals surface area (Å²) < 4.78 is 20.6. The molecule has 1 aromatic heterocycles. The summed E-state index contributed by atoms with van der Waals surface area (Å²) in [4.78, 5) is 29.2. The largest absolute Gasteiger partial charge is 0.487 e. The summed E-state index contributed by atoms with van der Waals surface area (Å²) in [7, 11) is 2.15. The number of benzene rings is 1. The fraction of sp³-hybridized carbons (Fsp3) is 0.700. The number of aromatic nitrogens is 2. The number of halogens is 2. The molecule has 0 bridgehead atoms. The molecule has 224 valence electrons. The molecule has 4 heterocycles. The molecule has 4 aliphatic rings. The van der Waals surface area contributed by atoms with Gasteiger partial charge in [0.05, 0.1) is 10.6 Å². The van der Waals surface area contributed by atoms with Crippen LogP contribution in [-0.4, -0.2) is 90.0 Å². The Morgan fingerprint density at radius 1 is 1.02 bits per heavy atom. The van der Waals surface area contributed by atoms with E-state index in [1.165, 1.54) is 6.42 Å². The van der Waals surface area contributed by atoms with Gasteiger partial charge in [-0.15, -0.1) is 0 Å². The first kappa shape index (κ1) is 29.5. The van der Waals surface area contributed by atoms with E-state index in [9.17, 15) is 4.79 Å². The van der Waals surface area contributed by atoms with Crippen LogP contribution in [0.4, 0.5) is 10.6 Å². The van der Waals surface area contributed by atoms with E-state index in [-0.39, 0.29) is 23.7 Å². The monoisotopic (exact) mass is 741 g/mol. The van der Waals surface area contributed by atoms with Crippen LogP contribution in [0.5, 0.6) is 11.8 Å². The minimum absolute atomic E-state index is 0.109. The van der Waals surface area contributed by atoms with Gasteiger partial charge in [-0.25, -0.2) is 4.79 Å². The Labute approximate surface area is 264 Å². The topological polar surface area (TPSA) is 80.3 Å². The van der Waals surface area contributed by atoms with Gasteiger partial charge < -0.3 is 28.9 Å². The number of hydrogen-bond donors (Lipinski definition) is 0. The highest BCUT2D eigenvalue weighted by molar-refractivity contribution is 14.1. The van der Waals surface area contributed by atoms with Gasteiger partial charge in [-0.3, -0.25) is 0 Å². The average molecular weight is 742 g/mol. The molecule has 41 heavy (non-hydrogen) atoms. The summed E-state index contributed by atoms with van der Waals surface area (Å²) in [5.41, 5.74) is 0.495. The van der Waals surface area contributed by atoms with Crippen LogP contribution in [-0.2, 0) is 4.74 Å². The predicted octanol–water partition coefficient (Wildman–Crippen LogP) is 6.24. The number of carbonyl (C=O) groups excluding carboxylic acids is 1. The standard InChI is InChI=1S/C30H41BrIN5O4/c1-29(2,3)41-28(38)37-17-30(18-37)10-14-36(15-11-30)26-21-16-22(32)23(31)25(39-19-6-5-7-19)24(21)33-27(34-26)40-20-8-12-35(4)13-9-20/h16,19-20H,5-15,17-18H2,1-4H3. The average Bonchev–Trinajstić information content (AvgIpc) is 2.87. The van der Waals surface area contributed by atoms with Gasteiger partial charge in [-0.2, -0.15) is 9.97 Å². The fourth-order valence-corrected chi connectivity index (χ4v) is 7.13. The number of hydrogen-bond acceptors (Lipinski definition) is 8. The van der Waals surface area contributed by atoms with E-state index in [2.05, 4.69) is 61.4 Å². The second-order valence-electron chi connectivity index (χ2n) is 13.3. The maximum absolute atomic E-state index is 12.6. The minimum Gasteiger partial charge on any atom is -0.487 e. The molecular weight excluding hydrogens is 701 g/mol. The van der Waals surface area contributed by atoms with Gasteiger partial charge >= 0.3 is 12.1 Å². The zero-order valence-electron chi connectivity index (χ0n) is 24.5. The molecule has 6 rings (SSSR count). The van der Waals surface area contributed by atoms with E-state index in [1.807, 2.05) is 25.7 Å². The third-order valence-corrected chi connectivity index (χ3v) is 11.3. The van der Waals surface area contributed by atoms with Crippen LogP contribution >= 0.6 is 38.5 Å². The van der Waals surface area contributed by atoms with Crippen LogP contribution in [0.1, 0.15) is 65.7 Å². The normalized spacial score (nSPS) is 22.0. The Morgan fingerprint density at radius 2 is 1.68 bits per heavy atom. The molecule has 0 unspecified atom stereocenters. The molecule has 11 heteroatoms. The van der Waals surface area contributed by atoms with Crippen LogP contribution in [0, 0.1) is 8.99 Å². The van der Waals surface area contributed by atoms with E-state index in [0.717, 1.165) is 108 Å². The van der Waals surface area contributed by atoms with Crippen molar-refractivity contribution < 1.29 is 19.0 Å². The molecule has 1 spiro atoms. The highest BCUT2D eigenvalue weighted by atomic mass is 127. The first-order valence-electron chi connectivity index (χ1n) is 14.9. The van der Waals surface area contributed by atoms with Crippen LogP contribution in [0.3, 0.4) is 0 Å². The number of ether oxygens (including phenoxy) is 3. The SMILES string of the molecule is CN1CCC(Oc2nc(N3CCC4(CC3)CN(C(=O)OC(C)(C)C)C4)c3cc(I)c(Br)c(OC4CCC4)c3n2)CC1. The highest BCUT2D eigenvalue weighted by Crippen LogP contribution is 2.45. The fourth-order valence-electron chi connectivity index (χ4n) is 6.18. The number of amides is 1. The van der Waals surface area contributed by atoms with Crippen molar-refractivity contribution in [1.82, 2.24) is 19.8 Å². The summed E-state index contributed by atoms with van der Waals surface area (Å²) in [6, 6.07) is 2.61. The minimum atomic E-state index is -0.474. The lowest BCUT2D eigenvalue weighted by Gasteiger charge is -2.53. The van der Waals surface area contributed by atoms with Crippen molar-refractivity contribution in [2.24, 2.45) is 5.41 Å². The van der Waals surface area contributed by atoms with Crippen molar-refractivity contribution in [3.63, 3.8) is 0 Å². The number of likely N-dealkylation sites (tertiary alicyclic amines) is 2. The van der Waals surface area contributed by atoms with Crippen molar-refractivity contribution >= 4 is 61.3 Å². The Bertz CT molecular complexity index is 1290. The summed E-state index contributed by atoms with van der Waals surface area (Å²) in [5.74, 6) is 1.72. The van der Waals surface area contributed by atoms with E-state index in [0.29, 0.717) is 6.01 Å². The van der Waals surface area contributed by atoms with E-state index in [4.69, 9.17) is 24.2 Å². The molecule has 4 fully saturated rings. The Kier molecular flexibility index (Phi) is 8.25. The number of carbonyl (C=O) groups is 1. The van der Waals surface area contributed by atoms with Crippen LogP contribution < -0.4 is 14.4 Å². The zero-order chi connectivity index (χ0) is 28.9. The molecule has 2 aromatic rings. The van der Waals surface area contributed by atoms with Crippen molar-refractivity contribution in [3.8, 4) is 11.8 Å². The number of piperidine rings is 2. The summed E-state index contributed by atoms with van der Waals surface area (Å²) in [6.45, 7) is 11.0. The maximum Gasteiger partial charge on any atom is 0.410 e. The van der Waals surface area contributed by atoms with E-state index < -0.39 is 5.60 Å². The predicted molar refractivity (Wildman–Crippen MR) is 171 cm³/mol. The van der Waals surface area contributed by atoms with E-state index >= 15 is 0 Å². The zero-order valence-corrected chi connectivity index (χ0v) is 28.3. The summed E-state index contributed by atoms with van der Waals surface area (Å²) >= 11 is 6.17. The Hall–Kier alpha value is -1.60.